The Kier molecular flexibility index (Phi) is 4.73. The second kappa shape index (κ2) is 7.02. The molecule has 0 atom stereocenters. The molecule has 0 bridgehead atoms. The number of aryl methyl sites for hydroxylation is 2. The standard InChI is InChI=1S/C19H23ClN4O2/c1-13-3-4-15(20)12-16(13)22-18-21-14(2)11-17(23-18)24-7-5-19(6-8-24)25-9-10-26-19/h3-4,11-12H,5-10H2,1-2H3,(H,21,22,23). The minimum Gasteiger partial charge on any atom is -0.356 e. The van der Waals surface area contributed by atoms with Gasteiger partial charge in [-0.3, -0.25) is 0 Å². The number of ether oxygens (including phenoxy) is 2. The molecule has 2 aromatic rings. The molecule has 0 aliphatic carbocycles. The SMILES string of the molecule is Cc1cc(N2CCC3(CC2)OCCO3)nc(Nc2cc(Cl)ccc2C)n1. The van der Waals surface area contributed by atoms with Crippen LogP contribution in [0.15, 0.2) is 24.3 Å². The molecule has 26 heavy (non-hydrogen) atoms. The molecular formula is C19H23ClN4O2. The van der Waals surface area contributed by atoms with E-state index >= 15 is 0 Å². The van der Waals surface area contributed by atoms with Crippen molar-refractivity contribution in [3.63, 3.8) is 0 Å². The fraction of sp³-hybridized carbons (Fsp3) is 0.474. The van der Waals surface area contributed by atoms with E-state index in [-0.39, 0.29) is 5.79 Å². The second-order valence-electron chi connectivity index (χ2n) is 6.87. The maximum Gasteiger partial charge on any atom is 0.229 e. The Morgan fingerprint density at radius 3 is 2.54 bits per heavy atom. The molecule has 4 rings (SSSR count). The van der Waals surface area contributed by atoms with Gasteiger partial charge in [-0.25, -0.2) is 4.98 Å². The van der Waals surface area contributed by atoms with E-state index in [0.29, 0.717) is 24.2 Å². The summed E-state index contributed by atoms with van der Waals surface area (Å²) in [4.78, 5) is 11.5. The van der Waals surface area contributed by atoms with E-state index in [4.69, 9.17) is 26.1 Å². The Bertz CT molecular complexity index is 798. The van der Waals surface area contributed by atoms with Gasteiger partial charge in [0, 0.05) is 48.4 Å². The van der Waals surface area contributed by atoms with Crippen LogP contribution in [-0.2, 0) is 9.47 Å². The molecule has 1 N–H and O–H groups in total. The van der Waals surface area contributed by atoms with Crippen LogP contribution in [0.3, 0.4) is 0 Å². The number of anilines is 3. The van der Waals surface area contributed by atoms with Gasteiger partial charge in [-0.2, -0.15) is 4.98 Å². The Balaban J connectivity index is 1.52. The van der Waals surface area contributed by atoms with E-state index in [1.54, 1.807) is 0 Å². The number of piperidine rings is 1. The van der Waals surface area contributed by atoms with Gasteiger partial charge in [0.25, 0.3) is 0 Å². The molecule has 2 aliphatic rings. The third-order valence-electron chi connectivity index (χ3n) is 4.95. The van der Waals surface area contributed by atoms with E-state index in [0.717, 1.165) is 48.7 Å². The molecule has 2 fully saturated rings. The first-order valence-corrected chi connectivity index (χ1v) is 9.33. The normalized spacial score (nSPS) is 19.1. The van der Waals surface area contributed by atoms with Crippen LogP contribution in [0, 0.1) is 13.8 Å². The Hall–Kier alpha value is -1.89. The van der Waals surface area contributed by atoms with E-state index < -0.39 is 0 Å². The Morgan fingerprint density at radius 1 is 1.08 bits per heavy atom. The van der Waals surface area contributed by atoms with Crippen LogP contribution in [0.4, 0.5) is 17.5 Å². The summed E-state index contributed by atoms with van der Waals surface area (Å²) in [6, 6.07) is 7.76. The zero-order valence-corrected chi connectivity index (χ0v) is 15.8. The highest BCUT2D eigenvalue weighted by Gasteiger charge is 2.40. The smallest absolute Gasteiger partial charge is 0.229 e. The van der Waals surface area contributed by atoms with Crippen LogP contribution in [0.1, 0.15) is 24.1 Å². The molecule has 0 radical (unpaired) electrons. The molecule has 2 saturated heterocycles. The fourth-order valence-electron chi connectivity index (χ4n) is 3.48. The van der Waals surface area contributed by atoms with Gasteiger partial charge in [-0.05, 0) is 31.5 Å². The van der Waals surface area contributed by atoms with Crippen LogP contribution in [0.2, 0.25) is 5.02 Å². The van der Waals surface area contributed by atoms with Crippen molar-refractivity contribution in [2.24, 2.45) is 0 Å². The summed E-state index contributed by atoms with van der Waals surface area (Å²) < 4.78 is 11.6. The highest BCUT2D eigenvalue weighted by molar-refractivity contribution is 6.30. The topological polar surface area (TPSA) is 59.5 Å². The van der Waals surface area contributed by atoms with Gasteiger partial charge in [-0.15, -0.1) is 0 Å². The molecule has 1 spiro atoms. The molecule has 1 aromatic carbocycles. The second-order valence-corrected chi connectivity index (χ2v) is 7.31. The molecule has 0 amide bonds. The van der Waals surface area contributed by atoms with Crippen molar-refractivity contribution in [3.05, 3.63) is 40.5 Å². The van der Waals surface area contributed by atoms with Gasteiger partial charge in [0.05, 0.1) is 13.2 Å². The molecule has 138 valence electrons. The average Bonchev–Trinajstić information content (AvgIpc) is 3.06. The molecule has 0 saturated carbocycles. The molecule has 3 heterocycles. The first kappa shape index (κ1) is 17.5. The van der Waals surface area contributed by atoms with Crippen molar-refractivity contribution in [1.29, 1.82) is 0 Å². The first-order chi connectivity index (χ1) is 12.5. The summed E-state index contributed by atoms with van der Waals surface area (Å²) in [7, 11) is 0. The minimum atomic E-state index is -0.377. The largest absolute Gasteiger partial charge is 0.356 e. The molecule has 6 nitrogen and oxygen atoms in total. The number of rotatable bonds is 3. The Labute approximate surface area is 158 Å². The van der Waals surface area contributed by atoms with Crippen LogP contribution in [0.5, 0.6) is 0 Å². The lowest BCUT2D eigenvalue weighted by molar-refractivity contribution is -0.169. The number of hydrogen-bond donors (Lipinski definition) is 1. The van der Waals surface area contributed by atoms with Crippen molar-refractivity contribution >= 4 is 29.1 Å². The van der Waals surface area contributed by atoms with E-state index in [1.807, 2.05) is 38.1 Å². The quantitative estimate of drug-likeness (QED) is 0.881. The summed E-state index contributed by atoms with van der Waals surface area (Å²) in [6.45, 7) is 7.11. The van der Waals surface area contributed by atoms with Gasteiger partial charge < -0.3 is 19.7 Å². The predicted octanol–water partition coefficient (Wildman–Crippen LogP) is 3.83. The van der Waals surface area contributed by atoms with Gasteiger partial charge in [-0.1, -0.05) is 17.7 Å². The Morgan fingerprint density at radius 2 is 1.81 bits per heavy atom. The van der Waals surface area contributed by atoms with Gasteiger partial charge in [0.15, 0.2) is 5.79 Å². The highest BCUT2D eigenvalue weighted by Crippen LogP contribution is 2.33. The molecule has 7 heteroatoms. The highest BCUT2D eigenvalue weighted by atomic mass is 35.5. The van der Waals surface area contributed by atoms with Gasteiger partial charge >= 0.3 is 0 Å². The number of nitrogens with one attached hydrogen (secondary N) is 1. The molecule has 0 unspecified atom stereocenters. The third kappa shape index (κ3) is 3.63. The van der Waals surface area contributed by atoms with Gasteiger partial charge in [0.1, 0.15) is 5.82 Å². The van der Waals surface area contributed by atoms with Crippen molar-refractivity contribution in [2.45, 2.75) is 32.5 Å². The van der Waals surface area contributed by atoms with Crippen molar-refractivity contribution in [3.8, 4) is 0 Å². The van der Waals surface area contributed by atoms with Crippen LogP contribution >= 0.6 is 11.6 Å². The summed E-state index contributed by atoms with van der Waals surface area (Å²) in [5, 5.41) is 3.98. The van der Waals surface area contributed by atoms with Crippen LogP contribution in [0.25, 0.3) is 0 Å². The maximum atomic E-state index is 6.11. The molecule has 1 aromatic heterocycles. The lowest BCUT2D eigenvalue weighted by atomic mass is 10.0. The number of benzene rings is 1. The fourth-order valence-corrected chi connectivity index (χ4v) is 3.65. The maximum absolute atomic E-state index is 6.11. The van der Waals surface area contributed by atoms with E-state index in [9.17, 15) is 0 Å². The lowest BCUT2D eigenvalue weighted by Gasteiger charge is -2.38. The minimum absolute atomic E-state index is 0.377. The monoisotopic (exact) mass is 374 g/mol. The number of halogens is 1. The lowest BCUT2D eigenvalue weighted by Crippen LogP contribution is -2.45. The molecular weight excluding hydrogens is 352 g/mol. The number of hydrogen-bond acceptors (Lipinski definition) is 6. The summed E-state index contributed by atoms with van der Waals surface area (Å²) in [6.07, 6.45) is 1.71. The summed E-state index contributed by atoms with van der Waals surface area (Å²) in [5.74, 6) is 1.13. The van der Waals surface area contributed by atoms with Gasteiger partial charge in [0.2, 0.25) is 5.95 Å². The summed E-state index contributed by atoms with van der Waals surface area (Å²) >= 11 is 6.11. The third-order valence-corrected chi connectivity index (χ3v) is 5.18. The molecule has 2 aliphatic heterocycles. The number of aromatic nitrogens is 2. The predicted molar refractivity (Wildman–Crippen MR) is 102 cm³/mol. The van der Waals surface area contributed by atoms with Crippen molar-refractivity contribution < 1.29 is 9.47 Å². The van der Waals surface area contributed by atoms with Crippen molar-refractivity contribution in [1.82, 2.24) is 9.97 Å². The van der Waals surface area contributed by atoms with E-state index in [1.165, 1.54) is 0 Å². The van der Waals surface area contributed by atoms with E-state index in [2.05, 4.69) is 15.2 Å². The first-order valence-electron chi connectivity index (χ1n) is 8.95. The number of nitrogens with zero attached hydrogens (tertiary/aromatic N) is 3. The van der Waals surface area contributed by atoms with Crippen molar-refractivity contribution in [2.75, 3.05) is 36.5 Å². The van der Waals surface area contributed by atoms with Crippen LogP contribution in [-0.4, -0.2) is 42.1 Å². The van der Waals surface area contributed by atoms with Crippen LogP contribution < -0.4 is 10.2 Å². The zero-order valence-electron chi connectivity index (χ0n) is 15.1. The zero-order chi connectivity index (χ0) is 18.1. The summed E-state index contributed by atoms with van der Waals surface area (Å²) in [5.41, 5.74) is 2.93. The average molecular weight is 375 g/mol.